The van der Waals surface area contributed by atoms with E-state index in [1.54, 1.807) is 0 Å². The first-order valence-corrected chi connectivity index (χ1v) is 9.14. The predicted molar refractivity (Wildman–Crippen MR) is 72.4 cm³/mol. The van der Waals surface area contributed by atoms with Crippen LogP contribution in [0.4, 0.5) is 0 Å². The van der Waals surface area contributed by atoms with Crippen LogP contribution in [0.5, 0.6) is 0 Å². The molecular formula is C13H24N2O2S. The smallest absolute Gasteiger partial charge is 0.151 e. The van der Waals surface area contributed by atoms with Crippen molar-refractivity contribution in [1.82, 2.24) is 10.2 Å². The van der Waals surface area contributed by atoms with E-state index in [4.69, 9.17) is 0 Å². The van der Waals surface area contributed by atoms with Gasteiger partial charge in [-0.15, -0.1) is 0 Å². The first-order chi connectivity index (χ1) is 8.64. The van der Waals surface area contributed by atoms with E-state index in [1.165, 1.54) is 12.8 Å². The zero-order valence-corrected chi connectivity index (χ0v) is 11.8. The summed E-state index contributed by atoms with van der Waals surface area (Å²) < 4.78 is 23.6. The van der Waals surface area contributed by atoms with E-state index in [0.29, 0.717) is 17.5 Å². The van der Waals surface area contributed by atoms with Crippen molar-refractivity contribution in [3.63, 3.8) is 0 Å². The van der Waals surface area contributed by atoms with Crippen LogP contribution in [0, 0.1) is 5.92 Å². The molecule has 2 unspecified atom stereocenters. The molecule has 0 aromatic heterocycles. The summed E-state index contributed by atoms with van der Waals surface area (Å²) in [7, 11) is -2.78. The van der Waals surface area contributed by atoms with Gasteiger partial charge in [0.25, 0.3) is 0 Å². The number of sulfone groups is 1. The molecule has 0 aromatic rings. The van der Waals surface area contributed by atoms with Crippen molar-refractivity contribution in [2.45, 2.75) is 44.2 Å². The minimum absolute atomic E-state index is 0.282. The fourth-order valence-electron chi connectivity index (χ4n) is 3.41. The third-order valence-corrected chi connectivity index (χ3v) is 6.41. The Kier molecular flexibility index (Phi) is 3.65. The van der Waals surface area contributed by atoms with Gasteiger partial charge in [0.05, 0.1) is 11.5 Å². The zero-order valence-electron chi connectivity index (χ0n) is 11.0. The van der Waals surface area contributed by atoms with Crippen LogP contribution < -0.4 is 5.32 Å². The number of nitrogens with one attached hydrogen (secondary N) is 1. The molecule has 2 saturated heterocycles. The van der Waals surface area contributed by atoms with E-state index in [0.717, 1.165) is 44.8 Å². The third-order valence-electron chi connectivity index (χ3n) is 4.61. The molecule has 1 aliphatic carbocycles. The molecule has 18 heavy (non-hydrogen) atoms. The Morgan fingerprint density at radius 1 is 1.11 bits per heavy atom. The third kappa shape index (κ3) is 3.06. The molecular weight excluding hydrogens is 248 g/mol. The van der Waals surface area contributed by atoms with Crippen molar-refractivity contribution in [1.29, 1.82) is 0 Å². The molecule has 2 aliphatic heterocycles. The van der Waals surface area contributed by atoms with Gasteiger partial charge in [-0.2, -0.15) is 0 Å². The minimum atomic E-state index is -2.78. The van der Waals surface area contributed by atoms with Crippen molar-refractivity contribution in [2.75, 3.05) is 31.1 Å². The van der Waals surface area contributed by atoms with Crippen LogP contribution in [0.25, 0.3) is 0 Å². The number of hydrogen-bond acceptors (Lipinski definition) is 4. The van der Waals surface area contributed by atoms with Crippen LogP contribution in [0.15, 0.2) is 0 Å². The molecule has 3 aliphatic rings. The van der Waals surface area contributed by atoms with E-state index in [2.05, 4.69) is 10.2 Å². The maximum absolute atomic E-state index is 11.8. The van der Waals surface area contributed by atoms with Gasteiger partial charge >= 0.3 is 0 Å². The second-order valence-corrected chi connectivity index (χ2v) is 8.39. The lowest BCUT2D eigenvalue weighted by Crippen LogP contribution is -2.48. The molecule has 0 amide bonds. The molecule has 2 heterocycles. The maximum atomic E-state index is 11.8. The van der Waals surface area contributed by atoms with Crippen molar-refractivity contribution in [3.8, 4) is 0 Å². The van der Waals surface area contributed by atoms with E-state index in [-0.39, 0.29) is 6.04 Å². The molecule has 0 bridgehead atoms. The summed E-state index contributed by atoms with van der Waals surface area (Å²) in [6.07, 6.45) is 5.78. The van der Waals surface area contributed by atoms with Crippen LogP contribution in [-0.4, -0.2) is 56.5 Å². The van der Waals surface area contributed by atoms with E-state index < -0.39 is 9.84 Å². The van der Waals surface area contributed by atoms with Crippen LogP contribution >= 0.6 is 0 Å². The molecule has 0 radical (unpaired) electrons. The molecule has 0 aromatic carbocycles. The van der Waals surface area contributed by atoms with Crippen LogP contribution in [0.1, 0.15) is 32.1 Å². The van der Waals surface area contributed by atoms with Crippen LogP contribution in [-0.2, 0) is 9.84 Å². The largest absolute Gasteiger partial charge is 0.312 e. The van der Waals surface area contributed by atoms with Crippen molar-refractivity contribution < 1.29 is 8.42 Å². The van der Waals surface area contributed by atoms with E-state index in [1.807, 2.05) is 0 Å². The van der Waals surface area contributed by atoms with Gasteiger partial charge in [-0.05, 0) is 51.1 Å². The van der Waals surface area contributed by atoms with Gasteiger partial charge in [0.2, 0.25) is 0 Å². The Bertz CT molecular complexity index is 392. The lowest BCUT2D eigenvalue weighted by Gasteiger charge is -2.34. The van der Waals surface area contributed by atoms with Gasteiger partial charge in [0.1, 0.15) is 0 Å². The Morgan fingerprint density at radius 2 is 1.94 bits per heavy atom. The molecule has 1 saturated carbocycles. The molecule has 3 fully saturated rings. The summed E-state index contributed by atoms with van der Waals surface area (Å²) in [5.41, 5.74) is 0. The Labute approximate surface area is 110 Å². The summed E-state index contributed by atoms with van der Waals surface area (Å²) >= 11 is 0. The quantitative estimate of drug-likeness (QED) is 0.801. The first-order valence-electron chi connectivity index (χ1n) is 7.32. The Hall–Kier alpha value is -0.130. The molecule has 2 atom stereocenters. The summed E-state index contributed by atoms with van der Waals surface area (Å²) in [5.74, 6) is 1.65. The number of rotatable bonds is 2. The first kappa shape index (κ1) is 12.9. The molecule has 3 rings (SSSR count). The highest BCUT2D eigenvalue weighted by Gasteiger charge is 2.36. The second-order valence-electron chi connectivity index (χ2n) is 6.16. The standard InChI is InChI=1S/C13H24N2O2S/c16-18(17)8-1-3-12(10-18)15-7-2-6-14-13(9-15)11-4-5-11/h11-14H,1-10H2. The maximum Gasteiger partial charge on any atom is 0.151 e. The van der Waals surface area contributed by atoms with Gasteiger partial charge in [-0.25, -0.2) is 8.42 Å². The fraction of sp³-hybridized carbons (Fsp3) is 1.00. The summed E-state index contributed by atoms with van der Waals surface area (Å²) in [6, 6.07) is 0.891. The molecule has 4 nitrogen and oxygen atoms in total. The molecule has 0 spiro atoms. The Morgan fingerprint density at radius 3 is 2.67 bits per heavy atom. The highest BCUT2D eigenvalue weighted by molar-refractivity contribution is 7.91. The topological polar surface area (TPSA) is 49.4 Å². The monoisotopic (exact) mass is 272 g/mol. The van der Waals surface area contributed by atoms with Gasteiger partial charge in [-0.1, -0.05) is 0 Å². The highest BCUT2D eigenvalue weighted by Crippen LogP contribution is 2.34. The number of nitrogens with zero attached hydrogens (tertiary/aromatic N) is 1. The summed E-state index contributed by atoms with van der Waals surface area (Å²) in [4.78, 5) is 2.46. The summed E-state index contributed by atoms with van der Waals surface area (Å²) in [5, 5.41) is 3.64. The second kappa shape index (κ2) is 5.10. The van der Waals surface area contributed by atoms with Gasteiger partial charge in [0, 0.05) is 18.6 Å². The molecule has 1 N–H and O–H groups in total. The number of hydrogen-bond donors (Lipinski definition) is 1. The zero-order chi connectivity index (χ0) is 12.6. The van der Waals surface area contributed by atoms with Gasteiger partial charge in [0.15, 0.2) is 9.84 Å². The molecule has 5 heteroatoms. The lowest BCUT2D eigenvalue weighted by atomic mass is 10.1. The van der Waals surface area contributed by atoms with Crippen molar-refractivity contribution >= 4 is 9.84 Å². The normalized spacial score (nSPS) is 38.2. The van der Waals surface area contributed by atoms with Gasteiger partial charge < -0.3 is 5.32 Å². The average Bonchev–Trinajstić information content (AvgIpc) is 3.14. The Balaban J connectivity index is 1.65. The van der Waals surface area contributed by atoms with Crippen LogP contribution in [0.2, 0.25) is 0 Å². The lowest BCUT2D eigenvalue weighted by molar-refractivity contribution is 0.188. The van der Waals surface area contributed by atoms with Crippen LogP contribution in [0.3, 0.4) is 0 Å². The van der Waals surface area contributed by atoms with E-state index in [9.17, 15) is 8.42 Å². The summed E-state index contributed by atoms with van der Waals surface area (Å²) in [6.45, 7) is 3.22. The average molecular weight is 272 g/mol. The highest BCUT2D eigenvalue weighted by atomic mass is 32.2. The van der Waals surface area contributed by atoms with Crippen molar-refractivity contribution in [3.05, 3.63) is 0 Å². The fourth-order valence-corrected chi connectivity index (χ4v) is 5.15. The predicted octanol–water partition coefficient (Wildman–Crippen LogP) is 0.638. The minimum Gasteiger partial charge on any atom is -0.312 e. The molecule has 104 valence electrons. The van der Waals surface area contributed by atoms with Gasteiger partial charge in [-0.3, -0.25) is 4.90 Å². The van der Waals surface area contributed by atoms with E-state index >= 15 is 0 Å². The SMILES string of the molecule is O=S1(=O)CCCC(N2CCCNC(C3CC3)C2)C1. The van der Waals surface area contributed by atoms with Crippen molar-refractivity contribution in [2.24, 2.45) is 5.92 Å².